The maximum absolute atomic E-state index is 4.45. The maximum atomic E-state index is 4.45. The third-order valence-corrected chi connectivity index (χ3v) is 2.07. The molecule has 3 nitrogen and oxygen atoms in total. The lowest BCUT2D eigenvalue weighted by Gasteiger charge is -2.33. The zero-order valence-corrected chi connectivity index (χ0v) is 6.14. The van der Waals surface area contributed by atoms with Crippen molar-refractivity contribution in [3.63, 3.8) is 0 Å². The summed E-state index contributed by atoms with van der Waals surface area (Å²) in [4.78, 5) is 6.79. The molecule has 56 valence electrons. The average Bonchev–Trinajstić information content (AvgIpc) is 2.05. The van der Waals surface area contributed by atoms with Gasteiger partial charge in [0.05, 0.1) is 6.67 Å². The summed E-state index contributed by atoms with van der Waals surface area (Å²) in [5.41, 5.74) is 0. The predicted molar refractivity (Wildman–Crippen MR) is 41.1 cm³/mol. The molecule has 0 aromatic heterocycles. The zero-order chi connectivity index (χ0) is 6.81. The van der Waals surface area contributed by atoms with Crippen LogP contribution in [-0.2, 0) is 0 Å². The molecule has 0 aromatic carbocycles. The van der Waals surface area contributed by atoms with E-state index in [1.54, 1.807) is 0 Å². The minimum atomic E-state index is 1.01. The van der Waals surface area contributed by atoms with E-state index in [0.29, 0.717) is 0 Å². The molecule has 0 saturated carbocycles. The molecule has 3 heteroatoms. The molecule has 0 radical (unpaired) electrons. The van der Waals surface area contributed by atoms with Gasteiger partial charge in [-0.25, -0.2) is 0 Å². The number of fused-ring (bicyclic) bond motifs is 1. The van der Waals surface area contributed by atoms with Crippen LogP contribution < -0.4 is 5.32 Å². The topological polar surface area (TPSA) is 27.6 Å². The Kier molecular flexibility index (Phi) is 1.59. The zero-order valence-electron chi connectivity index (χ0n) is 6.14. The van der Waals surface area contributed by atoms with E-state index < -0.39 is 0 Å². The van der Waals surface area contributed by atoms with Gasteiger partial charge >= 0.3 is 0 Å². The van der Waals surface area contributed by atoms with Gasteiger partial charge < -0.3 is 4.90 Å². The van der Waals surface area contributed by atoms with E-state index in [1.807, 2.05) is 0 Å². The van der Waals surface area contributed by atoms with Crippen LogP contribution in [0.1, 0.15) is 12.8 Å². The van der Waals surface area contributed by atoms with Crippen molar-refractivity contribution in [2.45, 2.75) is 12.8 Å². The molecule has 1 N–H and O–H groups in total. The fourth-order valence-electron chi connectivity index (χ4n) is 1.52. The van der Waals surface area contributed by atoms with E-state index in [2.05, 4.69) is 15.2 Å². The Morgan fingerprint density at radius 1 is 1.50 bits per heavy atom. The highest BCUT2D eigenvalue weighted by molar-refractivity contribution is 5.83. The van der Waals surface area contributed by atoms with Gasteiger partial charge in [0.15, 0.2) is 0 Å². The molecule has 0 amide bonds. The minimum absolute atomic E-state index is 1.01. The summed E-state index contributed by atoms with van der Waals surface area (Å²) >= 11 is 0. The first kappa shape index (κ1) is 6.16. The lowest BCUT2D eigenvalue weighted by molar-refractivity contribution is 0.331. The molecular weight excluding hydrogens is 126 g/mol. The second kappa shape index (κ2) is 2.58. The molecule has 0 unspecified atom stereocenters. The van der Waals surface area contributed by atoms with Crippen LogP contribution in [0.25, 0.3) is 0 Å². The van der Waals surface area contributed by atoms with Gasteiger partial charge in [0.2, 0.25) is 0 Å². The van der Waals surface area contributed by atoms with Crippen LogP contribution in [0, 0.1) is 0 Å². The second-order valence-corrected chi connectivity index (χ2v) is 2.82. The van der Waals surface area contributed by atoms with Gasteiger partial charge in [-0.3, -0.25) is 10.3 Å². The van der Waals surface area contributed by atoms with Crippen LogP contribution in [0.15, 0.2) is 4.99 Å². The fourth-order valence-corrected chi connectivity index (χ4v) is 1.52. The molecule has 1 fully saturated rings. The fraction of sp³-hybridized carbons (Fsp3) is 0.857. The van der Waals surface area contributed by atoms with Gasteiger partial charge in [-0.05, 0) is 6.42 Å². The smallest absolute Gasteiger partial charge is 0.101 e. The van der Waals surface area contributed by atoms with Crippen molar-refractivity contribution in [1.29, 1.82) is 0 Å². The number of aliphatic imine (C=N–C) groups is 1. The second-order valence-electron chi connectivity index (χ2n) is 2.82. The number of hydrogen-bond donors (Lipinski definition) is 1. The summed E-state index contributed by atoms with van der Waals surface area (Å²) in [6.07, 6.45) is 2.35. The van der Waals surface area contributed by atoms with E-state index in [-0.39, 0.29) is 0 Å². The van der Waals surface area contributed by atoms with Crippen LogP contribution in [0.4, 0.5) is 0 Å². The Morgan fingerprint density at radius 3 is 3.40 bits per heavy atom. The standard InChI is InChI=1S/C7H13N3/c1-3-9-7-2-4-8-6-10(7)5-1/h8H,1-6H2. The Balaban J connectivity index is 2.08. The summed E-state index contributed by atoms with van der Waals surface area (Å²) in [5, 5.41) is 3.33. The van der Waals surface area contributed by atoms with Crippen molar-refractivity contribution in [3.8, 4) is 0 Å². The van der Waals surface area contributed by atoms with Crippen LogP contribution in [0.5, 0.6) is 0 Å². The molecule has 0 bridgehead atoms. The highest BCUT2D eigenvalue weighted by atomic mass is 15.3. The van der Waals surface area contributed by atoms with Gasteiger partial charge in [-0.1, -0.05) is 0 Å². The van der Waals surface area contributed by atoms with Crippen molar-refractivity contribution in [1.82, 2.24) is 10.2 Å². The molecule has 0 aliphatic carbocycles. The largest absolute Gasteiger partial charge is 0.347 e. The minimum Gasteiger partial charge on any atom is -0.347 e. The van der Waals surface area contributed by atoms with E-state index in [4.69, 9.17) is 0 Å². The lowest BCUT2D eigenvalue weighted by Crippen LogP contribution is -2.47. The number of hydrogen-bond acceptors (Lipinski definition) is 3. The van der Waals surface area contributed by atoms with E-state index in [0.717, 1.165) is 26.2 Å². The van der Waals surface area contributed by atoms with Gasteiger partial charge in [0.25, 0.3) is 0 Å². The Morgan fingerprint density at radius 2 is 2.50 bits per heavy atom. The van der Waals surface area contributed by atoms with Crippen LogP contribution in [0.3, 0.4) is 0 Å². The molecule has 0 aromatic rings. The van der Waals surface area contributed by atoms with Crippen molar-refractivity contribution < 1.29 is 0 Å². The first-order valence-electron chi connectivity index (χ1n) is 3.96. The molecule has 2 aliphatic rings. The Hall–Kier alpha value is -0.570. The number of nitrogens with one attached hydrogen (secondary N) is 1. The molecule has 0 spiro atoms. The van der Waals surface area contributed by atoms with E-state index in [9.17, 15) is 0 Å². The van der Waals surface area contributed by atoms with Gasteiger partial charge in [-0.15, -0.1) is 0 Å². The molecular formula is C7H13N3. The average molecular weight is 139 g/mol. The van der Waals surface area contributed by atoms with Crippen molar-refractivity contribution in [2.24, 2.45) is 4.99 Å². The van der Waals surface area contributed by atoms with Crippen LogP contribution >= 0.6 is 0 Å². The quantitative estimate of drug-likeness (QED) is 0.513. The van der Waals surface area contributed by atoms with Gasteiger partial charge in [0.1, 0.15) is 5.84 Å². The van der Waals surface area contributed by atoms with Crippen molar-refractivity contribution >= 4 is 5.84 Å². The third-order valence-electron chi connectivity index (χ3n) is 2.07. The summed E-state index contributed by atoms with van der Waals surface area (Å²) < 4.78 is 0. The normalized spacial score (nSPS) is 25.6. The number of amidine groups is 1. The van der Waals surface area contributed by atoms with E-state index >= 15 is 0 Å². The molecule has 0 atom stereocenters. The molecule has 1 saturated heterocycles. The maximum Gasteiger partial charge on any atom is 0.101 e. The lowest BCUT2D eigenvalue weighted by atomic mass is 10.2. The number of rotatable bonds is 0. The first-order valence-corrected chi connectivity index (χ1v) is 3.96. The highest BCUT2D eigenvalue weighted by Gasteiger charge is 2.17. The van der Waals surface area contributed by atoms with Crippen LogP contribution in [0.2, 0.25) is 0 Å². The van der Waals surface area contributed by atoms with Crippen LogP contribution in [-0.4, -0.2) is 37.0 Å². The summed E-state index contributed by atoms with van der Waals surface area (Å²) in [7, 11) is 0. The van der Waals surface area contributed by atoms with E-state index in [1.165, 1.54) is 18.8 Å². The Bertz CT molecular complexity index is 153. The summed E-state index contributed by atoms with van der Waals surface area (Å²) in [6, 6.07) is 0. The summed E-state index contributed by atoms with van der Waals surface area (Å²) in [5.74, 6) is 1.32. The molecule has 2 rings (SSSR count). The molecule has 2 aliphatic heterocycles. The predicted octanol–water partition coefficient (Wildman–Crippen LogP) is 0.0414. The van der Waals surface area contributed by atoms with Gasteiger partial charge in [0, 0.05) is 26.1 Å². The SMILES string of the molecule is C1CN=C2CCNCN2C1. The monoisotopic (exact) mass is 139 g/mol. The number of nitrogens with zero attached hydrogens (tertiary/aromatic N) is 2. The third kappa shape index (κ3) is 1.01. The molecule has 2 heterocycles. The first-order chi connectivity index (χ1) is 4.97. The van der Waals surface area contributed by atoms with Crippen molar-refractivity contribution in [3.05, 3.63) is 0 Å². The highest BCUT2D eigenvalue weighted by Crippen LogP contribution is 2.06. The van der Waals surface area contributed by atoms with Gasteiger partial charge in [-0.2, -0.15) is 0 Å². The summed E-state index contributed by atoms with van der Waals surface area (Å²) in [6.45, 7) is 4.37. The Labute approximate surface area is 61.1 Å². The molecule has 10 heavy (non-hydrogen) atoms. The van der Waals surface area contributed by atoms with Crippen molar-refractivity contribution in [2.75, 3.05) is 26.3 Å².